The highest BCUT2D eigenvalue weighted by Gasteiger charge is 2.27. The van der Waals surface area contributed by atoms with E-state index < -0.39 is 37.7 Å². The minimum absolute atomic E-state index is 0.0817. The second-order valence-electron chi connectivity index (χ2n) is 3.98. The molecule has 0 unspecified atom stereocenters. The van der Waals surface area contributed by atoms with Crippen LogP contribution in [-0.4, -0.2) is 37.7 Å². The number of rotatable bonds is 6. The number of carbonyl (C=O) groups excluding carboxylic acids is 2. The summed E-state index contributed by atoms with van der Waals surface area (Å²) in [4.78, 5) is 22.7. The third-order valence-electron chi connectivity index (χ3n) is 2.22. The van der Waals surface area contributed by atoms with E-state index in [9.17, 15) is 31.5 Å². The number of carbonyl (C=O) groups is 2. The highest BCUT2D eigenvalue weighted by atomic mass is 19.4. The lowest BCUT2D eigenvalue weighted by molar-refractivity contribution is -0.137. The lowest BCUT2D eigenvalue weighted by Crippen LogP contribution is -2.40. The first-order valence-electron chi connectivity index (χ1n) is 5.84. The van der Waals surface area contributed by atoms with E-state index in [1.807, 2.05) is 0 Å². The second kappa shape index (κ2) is 7.57. The van der Waals surface area contributed by atoms with Crippen LogP contribution in [0.3, 0.4) is 0 Å². The zero-order valence-electron chi connectivity index (χ0n) is 10.9. The summed E-state index contributed by atoms with van der Waals surface area (Å²) in [5.74, 6) is -2.11. The van der Waals surface area contributed by atoms with Crippen LogP contribution in [0.25, 0.3) is 0 Å². The summed E-state index contributed by atoms with van der Waals surface area (Å²) in [6, 6.07) is 4.74. The number of hydrogen-bond acceptors (Lipinski definition) is 3. The normalized spacial score (nSPS) is 11.2. The van der Waals surface area contributed by atoms with Gasteiger partial charge in [-0.3, -0.25) is 9.59 Å². The van der Waals surface area contributed by atoms with Crippen molar-refractivity contribution < 1.29 is 36.3 Å². The monoisotopic (exact) mass is 326 g/mol. The molecule has 5 nitrogen and oxygen atoms in total. The van der Waals surface area contributed by atoms with Gasteiger partial charge in [-0.1, -0.05) is 6.07 Å². The fourth-order valence-electron chi connectivity index (χ4n) is 1.34. The van der Waals surface area contributed by atoms with Crippen LogP contribution in [0.5, 0.6) is 5.75 Å². The van der Waals surface area contributed by atoms with E-state index in [0.717, 1.165) is 6.07 Å². The molecule has 0 radical (unpaired) electrons. The van der Waals surface area contributed by atoms with Gasteiger partial charge in [0.1, 0.15) is 12.3 Å². The summed E-state index contributed by atoms with van der Waals surface area (Å²) in [7, 11) is 0. The van der Waals surface area contributed by atoms with Crippen LogP contribution < -0.4 is 15.4 Å². The van der Waals surface area contributed by atoms with Crippen molar-refractivity contribution in [3.63, 3.8) is 0 Å². The van der Waals surface area contributed by atoms with Crippen molar-refractivity contribution in [2.45, 2.75) is 12.8 Å². The van der Waals surface area contributed by atoms with Crippen molar-refractivity contribution >= 4 is 11.8 Å². The number of benzene rings is 1. The highest BCUT2D eigenvalue weighted by molar-refractivity contribution is 5.96. The predicted molar refractivity (Wildman–Crippen MR) is 64.5 cm³/mol. The molecular weight excluding hydrogens is 315 g/mol. The minimum Gasteiger partial charge on any atom is -0.435 e. The third kappa shape index (κ3) is 6.86. The molecule has 2 amide bonds. The average Bonchev–Trinajstić information content (AvgIpc) is 2.41. The first kappa shape index (κ1) is 17.7. The van der Waals surface area contributed by atoms with Gasteiger partial charge in [0.05, 0.1) is 6.54 Å². The van der Waals surface area contributed by atoms with E-state index >= 15 is 0 Å². The lowest BCUT2D eigenvalue weighted by atomic mass is 10.2. The van der Waals surface area contributed by atoms with Gasteiger partial charge in [-0.25, -0.2) is 0 Å². The van der Waals surface area contributed by atoms with Crippen molar-refractivity contribution in [3.05, 3.63) is 29.8 Å². The fourth-order valence-corrected chi connectivity index (χ4v) is 1.34. The zero-order chi connectivity index (χ0) is 16.8. The van der Waals surface area contributed by atoms with Gasteiger partial charge in [0.2, 0.25) is 5.91 Å². The molecule has 2 N–H and O–H groups in total. The van der Waals surface area contributed by atoms with Gasteiger partial charge in [0, 0.05) is 5.56 Å². The topological polar surface area (TPSA) is 67.4 Å². The summed E-state index contributed by atoms with van der Waals surface area (Å²) >= 11 is 0. The SMILES string of the molecule is O=C(CNC(=O)c1cccc(OC(F)F)c1)NCC(F)(F)F. The lowest BCUT2D eigenvalue weighted by Gasteiger charge is -2.10. The van der Waals surface area contributed by atoms with Crippen molar-refractivity contribution in [1.29, 1.82) is 0 Å². The zero-order valence-corrected chi connectivity index (χ0v) is 10.9. The fraction of sp³-hybridized carbons (Fsp3) is 0.333. The van der Waals surface area contributed by atoms with Gasteiger partial charge in [0.15, 0.2) is 0 Å². The third-order valence-corrected chi connectivity index (χ3v) is 2.22. The van der Waals surface area contributed by atoms with E-state index in [1.54, 1.807) is 5.32 Å². The van der Waals surface area contributed by atoms with Crippen molar-refractivity contribution in [1.82, 2.24) is 10.6 Å². The molecule has 1 aromatic rings. The maximum absolute atomic E-state index is 12.0. The minimum atomic E-state index is -4.55. The van der Waals surface area contributed by atoms with Gasteiger partial charge in [0.25, 0.3) is 5.91 Å². The standard InChI is InChI=1S/C12H11F5N2O3/c13-11(14)22-8-3-1-2-7(4-8)10(21)18-5-9(20)19-6-12(15,16)17/h1-4,11H,5-6H2,(H,18,21)(H,19,20). The number of alkyl halides is 5. The Bertz CT molecular complexity index is 534. The Hall–Kier alpha value is -2.39. The van der Waals surface area contributed by atoms with Crippen LogP contribution in [0.2, 0.25) is 0 Å². The molecule has 0 fully saturated rings. The molecule has 1 rings (SSSR count). The Morgan fingerprint density at radius 2 is 1.86 bits per heavy atom. The number of nitrogens with one attached hydrogen (secondary N) is 2. The number of halogens is 5. The molecule has 0 aliphatic heterocycles. The average molecular weight is 326 g/mol. The van der Waals surface area contributed by atoms with Gasteiger partial charge in [-0.2, -0.15) is 22.0 Å². The summed E-state index contributed by atoms with van der Waals surface area (Å²) in [5.41, 5.74) is -0.0817. The quantitative estimate of drug-likeness (QED) is 0.782. The van der Waals surface area contributed by atoms with Crippen molar-refractivity contribution in [2.75, 3.05) is 13.1 Å². The summed E-state index contributed by atoms with van der Waals surface area (Å²) in [5, 5.41) is 3.62. The second-order valence-corrected chi connectivity index (χ2v) is 3.98. The van der Waals surface area contributed by atoms with Gasteiger partial charge >= 0.3 is 12.8 Å². The molecule has 1 aromatic carbocycles. The largest absolute Gasteiger partial charge is 0.435 e. The molecule has 0 spiro atoms. The van der Waals surface area contributed by atoms with Crippen LogP contribution in [0.4, 0.5) is 22.0 Å². The Kier molecular flexibility index (Phi) is 6.08. The molecule has 0 heterocycles. The van der Waals surface area contributed by atoms with Crippen LogP contribution in [-0.2, 0) is 4.79 Å². The molecule has 0 aliphatic carbocycles. The van der Waals surface area contributed by atoms with Crippen LogP contribution in [0.1, 0.15) is 10.4 Å². The molecule has 0 atom stereocenters. The van der Waals surface area contributed by atoms with Crippen molar-refractivity contribution in [3.8, 4) is 5.75 Å². The Balaban J connectivity index is 2.50. The van der Waals surface area contributed by atoms with Crippen LogP contribution in [0.15, 0.2) is 24.3 Å². The summed E-state index contributed by atoms with van der Waals surface area (Å²) in [6.45, 7) is -5.26. The Morgan fingerprint density at radius 1 is 1.18 bits per heavy atom. The van der Waals surface area contributed by atoms with Crippen LogP contribution >= 0.6 is 0 Å². The predicted octanol–water partition coefficient (Wildman–Crippen LogP) is 1.70. The van der Waals surface area contributed by atoms with E-state index in [2.05, 4.69) is 10.1 Å². The van der Waals surface area contributed by atoms with Gasteiger partial charge in [-0.05, 0) is 18.2 Å². The maximum Gasteiger partial charge on any atom is 0.405 e. The number of ether oxygens (including phenoxy) is 1. The number of amides is 2. The molecule has 22 heavy (non-hydrogen) atoms. The van der Waals surface area contributed by atoms with Gasteiger partial charge in [-0.15, -0.1) is 0 Å². The van der Waals surface area contributed by atoms with Crippen molar-refractivity contribution in [2.24, 2.45) is 0 Å². The molecule has 0 saturated heterocycles. The van der Waals surface area contributed by atoms with E-state index in [0.29, 0.717) is 0 Å². The first-order valence-corrected chi connectivity index (χ1v) is 5.84. The molecular formula is C12H11F5N2O3. The molecule has 0 saturated carbocycles. The van der Waals surface area contributed by atoms with E-state index in [4.69, 9.17) is 0 Å². The first-order chi connectivity index (χ1) is 10.2. The Morgan fingerprint density at radius 3 is 2.45 bits per heavy atom. The van der Waals surface area contributed by atoms with Gasteiger partial charge < -0.3 is 15.4 Å². The highest BCUT2D eigenvalue weighted by Crippen LogP contribution is 2.15. The molecule has 0 bridgehead atoms. The van der Waals surface area contributed by atoms with E-state index in [1.165, 1.54) is 18.2 Å². The van der Waals surface area contributed by atoms with Crippen LogP contribution in [0, 0.1) is 0 Å². The molecule has 0 aromatic heterocycles. The molecule has 122 valence electrons. The number of hydrogen-bond donors (Lipinski definition) is 2. The van der Waals surface area contributed by atoms with E-state index in [-0.39, 0.29) is 11.3 Å². The maximum atomic E-state index is 12.0. The molecule has 0 aliphatic rings. The summed E-state index contributed by atoms with van der Waals surface area (Å²) < 4.78 is 63.7. The summed E-state index contributed by atoms with van der Waals surface area (Å²) in [6.07, 6.45) is -4.55. The molecule has 10 heteroatoms. The Labute approximate surface area is 121 Å². The smallest absolute Gasteiger partial charge is 0.405 e.